The van der Waals surface area contributed by atoms with Gasteiger partial charge in [0, 0.05) is 24.5 Å². The van der Waals surface area contributed by atoms with Crippen molar-refractivity contribution in [2.75, 3.05) is 6.61 Å². The predicted molar refractivity (Wildman–Crippen MR) is 65.8 cm³/mol. The van der Waals surface area contributed by atoms with Crippen LogP contribution in [0.3, 0.4) is 0 Å². The van der Waals surface area contributed by atoms with Gasteiger partial charge in [-0.2, -0.15) is 5.10 Å². The maximum Gasteiger partial charge on any atom is 0.332 e. The zero-order valence-corrected chi connectivity index (χ0v) is 11.0. The second-order valence-corrected chi connectivity index (χ2v) is 3.80. The highest BCUT2D eigenvalue weighted by Crippen LogP contribution is 2.06. The number of nitrogens with zero attached hydrogens (tertiary/aromatic N) is 2. The molecule has 0 spiro atoms. The number of aryl methyl sites for hydroxylation is 1. The lowest BCUT2D eigenvalue weighted by atomic mass is 10.2. The molecular formula is C12H17N3O3. The number of amides is 1. The monoisotopic (exact) mass is 251 g/mol. The van der Waals surface area contributed by atoms with Crippen molar-refractivity contribution in [3.63, 3.8) is 0 Å². The summed E-state index contributed by atoms with van der Waals surface area (Å²) in [5.41, 5.74) is 1.67. The molecule has 98 valence electrons. The van der Waals surface area contributed by atoms with Gasteiger partial charge in [0.25, 0.3) is 5.91 Å². The molecule has 6 nitrogen and oxygen atoms in total. The number of hydrogen-bond acceptors (Lipinski definition) is 4. The van der Waals surface area contributed by atoms with Crippen LogP contribution >= 0.6 is 0 Å². The zero-order chi connectivity index (χ0) is 13.7. The number of esters is 1. The van der Waals surface area contributed by atoms with Crippen molar-refractivity contribution in [3.05, 3.63) is 29.2 Å². The molecule has 1 heterocycles. The fourth-order valence-corrected chi connectivity index (χ4v) is 1.36. The fraction of sp³-hybridized carbons (Fsp3) is 0.417. The Hall–Kier alpha value is -2.11. The molecule has 1 N–H and O–H groups in total. The van der Waals surface area contributed by atoms with Crippen LogP contribution in [0.4, 0.5) is 0 Å². The third-order valence-corrected chi connectivity index (χ3v) is 2.41. The van der Waals surface area contributed by atoms with Gasteiger partial charge in [-0.1, -0.05) is 0 Å². The molecule has 0 aromatic carbocycles. The van der Waals surface area contributed by atoms with Gasteiger partial charge in [-0.05, 0) is 20.8 Å². The average molecular weight is 251 g/mol. The summed E-state index contributed by atoms with van der Waals surface area (Å²) >= 11 is 0. The molecular weight excluding hydrogens is 234 g/mol. The Morgan fingerprint density at radius 3 is 2.72 bits per heavy atom. The lowest BCUT2D eigenvalue weighted by molar-refractivity contribution is -0.137. The molecule has 0 saturated heterocycles. The van der Waals surface area contributed by atoms with Gasteiger partial charge in [-0.15, -0.1) is 0 Å². The van der Waals surface area contributed by atoms with E-state index in [2.05, 4.69) is 10.4 Å². The molecule has 1 amide bonds. The molecule has 6 heteroatoms. The second-order valence-electron chi connectivity index (χ2n) is 3.80. The molecule has 0 saturated carbocycles. The van der Waals surface area contributed by atoms with E-state index in [0.29, 0.717) is 17.9 Å². The van der Waals surface area contributed by atoms with Gasteiger partial charge < -0.3 is 10.1 Å². The van der Waals surface area contributed by atoms with E-state index in [-0.39, 0.29) is 5.91 Å². The van der Waals surface area contributed by atoms with Crippen LogP contribution < -0.4 is 5.32 Å². The lowest BCUT2D eigenvalue weighted by Gasteiger charge is -2.05. The highest BCUT2D eigenvalue weighted by Gasteiger charge is 2.13. The summed E-state index contributed by atoms with van der Waals surface area (Å²) in [4.78, 5) is 23.0. The topological polar surface area (TPSA) is 73.2 Å². The maximum absolute atomic E-state index is 11.9. The number of carbonyl (C=O) groups excluding carboxylic acids is 2. The van der Waals surface area contributed by atoms with Crippen LogP contribution in [0.5, 0.6) is 0 Å². The Labute approximate surface area is 106 Å². The third-order valence-electron chi connectivity index (χ3n) is 2.41. The van der Waals surface area contributed by atoms with Gasteiger partial charge >= 0.3 is 5.97 Å². The van der Waals surface area contributed by atoms with E-state index in [4.69, 9.17) is 4.74 Å². The largest absolute Gasteiger partial charge is 0.463 e. The Kier molecular flexibility index (Phi) is 4.65. The summed E-state index contributed by atoms with van der Waals surface area (Å²) in [6, 6.07) is 0. The van der Waals surface area contributed by atoms with Gasteiger partial charge in [0.1, 0.15) is 0 Å². The SMILES string of the molecule is CCOC(=O)/C=C(\C)NC(=O)c1cnn(C)c1C. The van der Waals surface area contributed by atoms with E-state index < -0.39 is 5.97 Å². The van der Waals surface area contributed by atoms with Crippen molar-refractivity contribution < 1.29 is 14.3 Å². The molecule has 1 aromatic heterocycles. The molecule has 0 fully saturated rings. The summed E-state index contributed by atoms with van der Waals surface area (Å²) in [7, 11) is 1.76. The number of ether oxygens (including phenoxy) is 1. The standard InChI is InChI=1S/C12H17N3O3/c1-5-18-11(16)6-8(2)14-12(17)10-7-13-15(4)9(10)3/h6-7H,5H2,1-4H3,(H,14,17)/b8-6+. The molecule has 0 atom stereocenters. The van der Waals surface area contributed by atoms with Crippen molar-refractivity contribution in [1.29, 1.82) is 0 Å². The van der Waals surface area contributed by atoms with Crippen molar-refractivity contribution in [2.24, 2.45) is 7.05 Å². The van der Waals surface area contributed by atoms with Gasteiger partial charge in [-0.3, -0.25) is 9.48 Å². The van der Waals surface area contributed by atoms with E-state index in [0.717, 1.165) is 5.69 Å². The number of allylic oxidation sites excluding steroid dienone is 1. The molecule has 0 aliphatic heterocycles. The average Bonchev–Trinajstić information content (AvgIpc) is 2.59. The van der Waals surface area contributed by atoms with Gasteiger partial charge in [-0.25, -0.2) is 4.79 Å². The summed E-state index contributed by atoms with van der Waals surface area (Å²) in [5, 5.41) is 6.59. The van der Waals surface area contributed by atoms with Crippen molar-refractivity contribution in [2.45, 2.75) is 20.8 Å². The quantitative estimate of drug-likeness (QED) is 0.638. The minimum Gasteiger partial charge on any atom is -0.463 e. The van der Waals surface area contributed by atoms with Gasteiger partial charge in [0.15, 0.2) is 0 Å². The molecule has 18 heavy (non-hydrogen) atoms. The molecule has 0 unspecified atom stereocenters. The highest BCUT2D eigenvalue weighted by molar-refractivity contribution is 5.96. The van der Waals surface area contributed by atoms with Crippen molar-refractivity contribution in [1.82, 2.24) is 15.1 Å². The number of rotatable bonds is 4. The minimum absolute atomic E-state index is 0.293. The van der Waals surface area contributed by atoms with E-state index in [1.807, 2.05) is 0 Å². The minimum atomic E-state index is -0.474. The van der Waals surface area contributed by atoms with Crippen LogP contribution in [0.2, 0.25) is 0 Å². The molecule has 0 bridgehead atoms. The Morgan fingerprint density at radius 1 is 1.56 bits per heavy atom. The Bertz CT molecular complexity index is 489. The summed E-state index contributed by atoms with van der Waals surface area (Å²) in [6.45, 7) is 5.45. The van der Waals surface area contributed by atoms with E-state index in [1.54, 1.807) is 32.5 Å². The molecule has 1 rings (SSSR count). The zero-order valence-electron chi connectivity index (χ0n) is 11.0. The Morgan fingerprint density at radius 2 is 2.22 bits per heavy atom. The molecule has 0 aliphatic rings. The summed E-state index contributed by atoms with van der Waals surface area (Å²) in [6.07, 6.45) is 2.73. The van der Waals surface area contributed by atoms with Crippen LogP contribution in [-0.4, -0.2) is 28.3 Å². The first-order valence-electron chi connectivity index (χ1n) is 5.60. The second kappa shape index (κ2) is 6.00. The highest BCUT2D eigenvalue weighted by atomic mass is 16.5. The number of aromatic nitrogens is 2. The first-order valence-corrected chi connectivity index (χ1v) is 5.60. The number of hydrogen-bond donors (Lipinski definition) is 1. The van der Waals surface area contributed by atoms with E-state index in [9.17, 15) is 9.59 Å². The van der Waals surface area contributed by atoms with Crippen LogP contribution in [-0.2, 0) is 16.6 Å². The summed E-state index contributed by atoms with van der Waals surface area (Å²) < 4.78 is 6.35. The smallest absolute Gasteiger partial charge is 0.332 e. The molecule has 0 radical (unpaired) electrons. The first kappa shape index (κ1) is 14.0. The van der Waals surface area contributed by atoms with Crippen LogP contribution in [0.15, 0.2) is 18.0 Å². The van der Waals surface area contributed by atoms with E-state index >= 15 is 0 Å². The number of carbonyl (C=O) groups is 2. The third kappa shape index (κ3) is 3.44. The van der Waals surface area contributed by atoms with E-state index in [1.165, 1.54) is 12.3 Å². The lowest BCUT2D eigenvalue weighted by Crippen LogP contribution is -2.22. The first-order chi connectivity index (χ1) is 8.45. The van der Waals surface area contributed by atoms with Crippen LogP contribution in [0.1, 0.15) is 29.9 Å². The predicted octanol–water partition coefficient (Wildman–Crippen LogP) is 0.925. The Balaban J connectivity index is 2.71. The van der Waals surface area contributed by atoms with Crippen LogP contribution in [0.25, 0.3) is 0 Å². The fourth-order valence-electron chi connectivity index (χ4n) is 1.36. The number of nitrogens with one attached hydrogen (secondary N) is 1. The van der Waals surface area contributed by atoms with Crippen molar-refractivity contribution >= 4 is 11.9 Å². The van der Waals surface area contributed by atoms with Crippen LogP contribution in [0, 0.1) is 6.92 Å². The molecule has 1 aromatic rings. The maximum atomic E-state index is 11.9. The molecule has 0 aliphatic carbocycles. The van der Waals surface area contributed by atoms with Crippen molar-refractivity contribution in [3.8, 4) is 0 Å². The summed E-state index contributed by atoms with van der Waals surface area (Å²) in [5.74, 6) is -0.767. The van der Waals surface area contributed by atoms with Gasteiger partial charge in [0.05, 0.1) is 18.4 Å². The van der Waals surface area contributed by atoms with Gasteiger partial charge in [0.2, 0.25) is 0 Å². The normalized spacial score (nSPS) is 11.2.